The highest BCUT2D eigenvalue weighted by Crippen LogP contribution is 2.27. The van der Waals surface area contributed by atoms with Crippen LogP contribution in [0, 0.1) is 0 Å². The van der Waals surface area contributed by atoms with Gasteiger partial charge < -0.3 is 5.11 Å². The standard InChI is InChI=1S/C16H26N2O3S/c1-17(16(11-14-19)15-9-5-4-6-10-15)22(20,21)18-12-7-2-3-8-13-18/h4-6,9-10,16,19H,2-3,7-8,11-14H2,1H3. The van der Waals surface area contributed by atoms with Crippen LogP contribution in [0.1, 0.15) is 43.7 Å². The molecule has 1 N–H and O–H groups in total. The summed E-state index contributed by atoms with van der Waals surface area (Å²) in [6.07, 6.45) is 4.42. The SMILES string of the molecule is CN(C(CCO)c1ccccc1)S(=O)(=O)N1CCCCCC1. The first-order valence-corrected chi connectivity index (χ1v) is 9.36. The molecule has 22 heavy (non-hydrogen) atoms. The molecule has 5 nitrogen and oxygen atoms in total. The van der Waals surface area contributed by atoms with E-state index in [0.29, 0.717) is 19.5 Å². The summed E-state index contributed by atoms with van der Waals surface area (Å²) < 4.78 is 28.8. The predicted octanol–water partition coefficient (Wildman–Crippen LogP) is 2.16. The fraction of sp³-hybridized carbons (Fsp3) is 0.625. The second kappa shape index (κ2) is 8.06. The van der Waals surface area contributed by atoms with Gasteiger partial charge in [0.05, 0.1) is 6.04 Å². The van der Waals surface area contributed by atoms with Crippen LogP contribution in [0.3, 0.4) is 0 Å². The van der Waals surface area contributed by atoms with E-state index in [4.69, 9.17) is 0 Å². The number of aliphatic hydroxyl groups excluding tert-OH is 1. The van der Waals surface area contributed by atoms with Crippen LogP contribution < -0.4 is 0 Å². The van der Waals surface area contributed by atoms with E-state index in [1.807, 2.05) is 30.3 Å². The van der Waals surface area contributed by atoms with Gasteiger partial charge >= 0.3 is 0 Å². The molecule has 0 saturated carbocycles. The third-order valence-corrected chi connectivity index (χ3v) is 6.28. The maximum atomic E-state index is 12.9. The van der Waals surface area contributed by atoms with Crippen molar-refractivity contribution < 1.29 is 13.5 Å². The first kappa shape index (κ1) is 17.4. The second-order valence-electron chi connectivity index (χ2n) is 5.78. The number of aliphatic hydroxyl groups is 1. The molecular formula is C16H26N2O3S. The van der Waals surface area contributed by atoms with Crippen LogP contribution in [-0.2, 0) is 10.2 Å². The van der Waals surface area contributed by atoms with Gasteiger partial charge in [-0.25, -0.2) is 0 Å². The van der Waals surface area contributed by atoms with E-state index < -0.39 is 10.2 Å². The summed E-state index contributed by atoms with van der Waals surface area (Å²) in [6.45, 7) is 1.14. The average molecular weight is 326 g/mol. The summed E-state index contributed by atoms with van der Waals surface area (Å²) in [7, 11) is -1.88. The smallest absolute Gasteiger partial charge is 0.282 e. The van der Waals surface area contributed by atoms with E-state index >= 15 is 0 Å². The van der Waals surface area contributed by atoms with Gasteiger partial charge in [0.15, 0.2) is 0 Å². The second-order valence-corrected chi connectivity index (χ2v) is 7.76. The van der Waals surface area contributed by atoms with Gasteiger partial charge in [-0.2, -0.15) is 17.0 Å². The predicted molar refractivity (Wildman–Crippen MR) is 87.6 cm³/mol. The molecule has 0 radical (unpaired) electrons. The Morgan fingerprint density at radius 2 is 1.73 bits per heavy atom. The molecule has 1 aromatic carbocycles. The molecule has 1 heterocycles. The van der Waals surface area contributed by atoms with E-state index in [2.05, 4.69) is 0 Å². The number of hydrogen-bond acceptors (Lipinski definition) is 3. The van der Waals surface area contributed by atoms with Crippen LogP contribution in [0.5, 0.6) is 0 Å². The topological polar surface area (TPSA) is 60.9 Å². The number of nitrogens with zero attached hydrogens (tertiary/aromatic N) is 2. The molecule has 1 aromatic rings. The first-order valence-electron chi connectivity index (χ1n) is 7.96. The van der Waals surface area contributed by atoms with Crippen molar-refractivity contribution in [2.75, 3.05) is 26.7 Å². The van der Waals surface area contributed by atoms with Crippen LogP contribution in [0.15, 0.2) is 30.3 Å². The summed E-state index contributed by atoms with van der Waals surface area (Å²) in [5, 5.41) is 9.33. The maximum absolute atomic E-state index is 12.9. The van der Waals surface area contributed by atoms with Crippen molar-refractivity contribution in [1.29, 1.82) is 0 Å². The van der Waals surface area contributed by atoms with E-state index in [9.17, 15) is 13.5 Å². The molecule has 2 rings (SSSR count). The molecule has 1 aliphatic rings. The van der Waals surface area contributed by atoms with Gasteiger partial charge in [0.2, 0.25) is 0 Å². The Hall–Kier alpha value is -0.950. The van der Waals surface area contributed by atoms with Gasteiger partial charge in [-0.15, -0.1) is 0 Å². The van der Waals surface area contributed by atoms with Gasteiger partial charge in [-0.1, -0.05) is 43.2 Å². The van der Waals surface area contributed by atoms with Crippen LogP contribution in [0.25, 0.3) is 0 Å². The van der Waals surface area contributed by atoms with Gasteiger partial charge in [0.25, 0.3) is 10.2 Å². The van der Waals surface area contributed by atoms with Crippen molar-refractivity contribution in [3.05, 3.63) is 35.9 Å². The lowest BCUT2D eigenvalue weighted by Crippen LogP contribution is -2.44. The Morgan fingerprint density at radius 3 is 2.27 bits per heavy atom. The highest BCUT2D eigenvalue weighted by molar-refractivity contribution is 7.86. The molecule has 0 aromatic heterocycles. The zero-order valence-electron chi connectivity index (χ0n) is 13.2. The minimum Gasteiger partial charge on any atom is -0.396 e. The van der Waals surface area contributed by atoms with Crippen molar-refractivity contribution in [3.8, 4) is 0 Å². The van der Waals surface area contributed by atoms with Crippen molar-refractivity contribution in [2.45, 2.75) is 38.1 Å². The third kappa shape index (κ3) is 4.07. The van der Waals surface area contributed by atoms with Crippen molar-refractivity contribution >= 4 is 10.2 Å². The number of hydrogen-bond donors (Lipinski definition) is 1. The zero-order valence-corrected chi connectivity index (χ0v) is 14.0. The minimum atomic E-state index is -3.50. The lowest BCUT2D eigenvalue weighted by molar-refractivity contribution is 0.232. The Bertz CT molecular complexity index is 540. The molecule has 6 heteroatoms. The zero-order chi connectivity index (χ0) is 16.0. The summed E-state index contributed by atoms with van der Waals surface area (Å²) in [5.74, 6) is 0. The summed E-state index contributed by atoms with van der Waals surface area (Å²) >= 11 is 0. The summed E-state index contributed by atoms with van der Waals surface area (Å²) in [4.78, 5) is 0. The van der Waals surface area contributed by atoms with Crippen LogP contribution in [0.4, 0.5) is 0 Å². The molecule has 0 amide bonds. The fourth-order valence-corrected chi connectivity index (χ4v) is 4.60. The Kier molecular flexibility index (Phi) is 6.37. The van der Waals surface area contributed by atoms with E-state index in [-0.39, 0.29) is 12.6 Å². The molecule has 124 valence electrons. The lowest BCUT2D eigenvalue weighted by atomic mass is 10.0. The molecule has 0 aliphatic carbocycles. The van der Waals surface area contributed by atoms with Crippen molar-refractivity contribution in [2.24, 2.45) is 0 Å². The van der Waals surface area contributed by atoms with Crippen LogP contribution >= 0.6 is 0 Å². The van der Waals surface area contributed by atoms with Crippen LogP contribution in [0.2, 0.25) is 0 Å². The quantitative estimate of drug-likeness (QED) is 0.871. The molecule has 1 saturated heterocycles. The molecule has 0 spiro atoms. The Labute approximate surface area is 133 Å². The molecular weight excluding hydrogens is 300 g/mol. The third-order valence-electron chi connectivity index (χ3n) is 4.28. The number of rotatable bonds is 6. The normalized spacial score (nSPS) is 19.0. The van der Waals surface area contributed by atoms with Crippen LogP contribution in [-0.4, -0.2) is 48.9 Å². The maximum Gasteiger partial charge on any atom is 0.282 e. The highest BCUT2D eigenvalue weighted by Gasteiger charge is 2.32. The van der Waals surface area contributed by atoms with Gasteiger partial charge in [0, 0.05) is 26.7 Å². The Balaban J connectivity index is 2.23. The average Bonchev–Trinajstić information content (AvgIpc) is 2.82. The Morgan fingerprint density at radius 1 is 1.14 bits per heavy atom. The summed E-state index contributed by atoms with van der Waals surface area (Å²) in [6, 6.07) is 9.18. The monoisotopic (exact) mass is 326 g/mol. The van der Waals surface area contributed by atoms with Gasteiger partial charge in [-0.05, 0) is 24.8 Å². The molecule has 1 unspecified atom stereocenters. The van der Waals surface area contributed by atoms with Crippen molar-refractivity contribution in [3.63, 3.8) is 0 Å². The van der Waals surface area contributed by atoms with E-state index in [0.717, 1.165) is 31.2 Å². The van der Waals surface area contributed by atoms with E-state index in [1.54, 1.807) is 11.4 Å². The van der Waals surface area contributed by atoms with E-state index in [1.165, 1.54) is 4.31 Å². The van der Waals surface area contributed by atoms with Gasteiger partial charge in [0.1, 0.15) is 0 Å². The minimum absolute atomic E-state index is 0.0422. The molecule has 1 atom stereocenters. The lowest BCUT2D eigenvalue weighted by Gasteiger charge is -2.32. The molecule has 0 bridgehead atoms. The molecule has 1 aliphatic heterocycles. The van der Waals surface area contributed by atoms with Crippen molar-refractivity contribution in [1.82, 2.24) is 8.61 Å². The summed E-state index contributed by atoms with van der Waals surface area (Å²) in [5.41, 5.74) is 0.914. The molecule has 1 fully saturated rings. The largest absolute Gasteiger partial charge is 0.396 e. The highest BCUT2D eigenvalue weighted by atomic mass is 32.2. The fourth-order valence-electron chi connectivity index (χ4n) is 2.97. The van der Waals surface area contributed by atoms with Gasteiger partial charge in [-0.3, -0.25) is 0 Å². The first-order chi connectivity index (χ1) is 10.6. The number of benzene rings is 1.